The molecular formula is C13H17FN2. The van der Waals surface area contributed by atoms with Gasteiger partial charge in [-0.05, 0) is 25.0 Å². The number of fused-ring (bicyclic) bond motifs is 2. The van der Waals surface area contributed by atoms with Gasteiger partial charge in [-0.2, -0.15) is 0 Å². The van der Waals surface area contributed by atoms with E-state index in [1.807, 2.05) is 6.07 Å². The Hall–Kier alpha value is -1.25. The summed E-state index contributed by atoms with van der Waals surface area (Å²) < 4.78 is 13.7. The molecule has 0 spiro atoms. The van der Waals surface area contributed by atoms with Crippen molar-refractivity contribution in [3.8, 4) is 0 Å². The number of anilines is 2. The Labute approximate surface area is 95.2 Å². The van der Waals surface area contributed by atoms with E-state index >= 15 is 0 Å². The lowest BCUT2D eigenvalue weighted by Gasteiger charge is -2.29. The minimum absolute atomic E-state index is 0.159. The summed E-state index contributed by atoms with van der Waals surface area (Å²) in [5.74, 6) is -0.159. The van der Waals surface area contributed by atoms with Gasteiger partial charge in [-0.15, -0.1) is 0 Å². The first-order valence-electron chi connectivity index (χ1n) is 5.98. The van der Waals surface area contributed by atoms with E-state index in [1.165, 1.54) is 25.3 Å². The van der Waals surface area contributed by atoms with Crippen LogP contribution in [0, 0.1) is 11.2 Å². The second kappa shape index (κ2) is 3.37. The number of hydrogen-bond donors (Lipinski definition) is 2. The molecule has 16 heavy (non-hydrogen) atoms. The molecule has 2 aliphatic rings. The highest BCUT2D eigenvalue weighted by atomic mass is 19.1. The van der Waals surface area contributed by atoms with Gasteiger partial charge in [-0.1, -0.05) is 19.4 Å². The van der Waals surface area contributed by atoms with Crippen LogP contribution in [0.1, 0.15) is 26.2 Å². The summed E-state index contributed by atoms with van der Waals surface area (Å²) >= 11 is 0. The molecule has 1 aliphatic carbocycles. The molecule has 2 atom stereocenters. The molecule has 0 aromatic heterocycles. The van der Waals surface area contributed by atoms with Crippen LogP contribution in [0.3, 0.4) is 0 Å². The molecular weight excluding hydrogens is 203 g/mol. The monoisotopic (exact) mass is 220 g/mol. The topological polar surface area (TPSA) is 24.1 Å². The molecule has 0 saturated heterocycles. The number of halogens is 1. The van der Waals surface area contributed by atoms with Gasteiger partial charge < -0.3 is 10.6 Å². The number of hydrogen-bond acceptors (Lipinski definition) is 2. The van der Waals surface area contributed by atoms with E-state index in [4.69, 9.17) is 0 Å². The second-order valence-electron chi connectivity index (χ2n) is 5.26. The lowest BCUT2D eigenvalue weighted by molar-refractivity contribution is 0.335. The van der Waals surface area contributed by atoms with Crippen LogP contribution >= 0.6 is 0 Å². The number of para-hydroxylation sites is 1. The van der Waals surface area contributed by atoms with Crippen molar-refractivity contribution in [2.75, 3.05) is 17.2 Å². The third kappa shape index (κ3) is 1.38. The van der Waals surface area contributed by atoms with Crippen molar-refractivity contribution in [2.24, 2.45) is 5.41 Å². The molecule has 0 amide bonds. The summed E-state index contributed by atoms with van der Waals surface area (Å²) in [5.41, 5.74) is 1.81. The maximum atomic E-state index is 13.7. The van der Waals surface area contributed by atoms with E-state index in [0.717, 1.165) is 12.2 Å². The van der Waals surface area contributed by atoms with E-state index in [1.54, 1.807) is 6.07 Å². The van der Waals surface area contributed by atoms with E-state index in [-0.39, 0.29) is 11.2 Å². The Morgan fingerprint density at radius 3 is 3.19 bits per heavy atom. The first-order valence-corrected chi connectivity index (χ1v) is 5.98. The molecule has 3 heteroatoms. The first-order chi connectivity index (χ1) is 7.69. The van der Waals surface area contributed by atoms with Gasteiger partial charge in [-0.25, -0.2) is 4.39 Å². The predicted octanol–water partition coefficient (Wildman–Crippen LogP) is 3.22. The lowest BCUT2D eigenvalue weighted by Crippen LogP contribution is -2.36. The Morgan fingerprint density at radius 1 is 1.44 bits per heavy atom. The zero-order valence-electron chi connectivity index (χ0n) is 9.52. The predicted molar refractivity (Wildman–Crippen MR) is 64.3 cm³/mol. The van der Waals surface area contributed by atoms with Gasteiger partial charge in [0, 0.05) is 18.0 Å². The Balaban J connectivity index is 2.00. The fourth-order valence-electron chi connectivity index (χ4n) is 2.99. The fourth-order valence-corrected chi connectivity index (χ4v) is 2.99. The van der Waals surface area contributed by atoms with Crippen molar-refractivity contribution in [2.45, 2.75) is 32.2 Å². The summed E-state index contributed by atoms with van der Waals surface area (Å²) in [7, 11) is 0. The van der Waals surface area contributed by atoms with Crippen LogP contribution in [0.2, 0.25) is 0 Å². The Kier molecular flexibility index (Phi) is 2.09. The molecule has 2 nitrogen and oxygen atoms in total. The third-order valence-corrected chi connectivity index (χ3v) is 4.09. The molecule has 2 N–H and O–H groups in total. The van der Waals surface area contributed by atoms with Crippen molar-refractivity contribution in [1.29, 1.82) is 0 Å². The van der Waals surface area contributed by atoms with Crippen molar-refractivity contribution >= 4 is 11.4 Å². The van der Waals surface area contributed by atoms with Crippen LogP contribution in [0.15, 0.2) is 18.2 Å². The first kappa shape index (κ1) is 9.94. The quantitative estimate of drug-likeness (QED) is 0.701. The van der Waals surface area contributed by atoms with Crippen molar-refractivity contribution in [1.82, 2.24) is 0 Å². The summed E-state index contributed by atoms with van der Waals surface area (Å²) in [4.78, 5) is 0. The van der Waals surface area contributed by atoms with Gasteiger partial charge in [0.1, 0.15) is 5.82 Å². The standard InChI is InChI=1S/C13H17FN2/c1-13-7-3-6-11(13)16-10-5-2-4-9(14)12(10)15-8-13/h2,4-5,11,15-16H,3,6-8H2,1H3. The average molecular weight is 220 g/mol. The summed E-state index contributed by atoms with van der Waals surface area (Å²) in [5, 5.41) is 6.77. The van der Waals surface area contributed by atoms with Crippen LogP contribution in [0.4, 0.5) is 15.8 Å². The maximum Gasteiger partial charge on any atom is 0.148 e. The average Bonchev–Trinajstić information content (AvgIpc) is 2.53. The molecule has 3 rings (SSSR count). The van der Waals surface area contributed by atoms with Crippen molar-refractivity contribution < 1.29 is 4.39 Å². The van der Waals surface area contributed by atoms with Crippen LogP contribution < -0.4 is 10.6 Å². The SMILES string of the molecule is CC12CCCC1Nc1cccc(F)c1NC2. The molecule has 1 saturated carbocycles. The Bertz CT molecular complexity index is 418. The zero-order chi connectivity index (χ0) is 11.2. The highest BCUT2D eigenvalue weighted by molar-refractivity contribution is 5.71. The molecule has 0 bridgehead atoms. The second-order valence-corrected chi connectivity index (χ2v) is 5.26. The molecule has 1 aromatic rings. The molecule has 2 unspecified atom stereocenters. The summed E-state index contributed by atoms with van der Waals surface area (Å²) in [6.07, 6.45) is 3.67. The highest BCUT2D eigenvalue weighted by Gasteiger charge is 2.40. The zero-order valence-corrected chi connectivity index (χ0v) is 9.52. The van der Waals surface area contributed by atoms with Crippen LogP contribution in [0.5, 0.6) is 0 Å². The fraction of sp³-hybridized carbons (Fsp3) is 0.538. The van der Waals surface area contributed by atoms with Crippen molar-refractivity contribution in [3.63, 3.8) is 0 Å². The molecule has 0 radical (unpaired) electrons. The van der Waals surface area contributed by atoms with Gasteiger partial charge in [0.15, 0.2) is 0 Å². The Morgan fingerprint density at radius 2 is 2.31 bits per heavy atom. The largest absolute Gasteiger partial charge is 0.380 e. The normalized spacial score (nSPS) is 32.0. The van der Waals surface area contributed by atoms with Gasteiger partial charge in [-0.3, -0.25) is 0 Å². The molecule has 1 fully saturated rings. The number of rotatable bonds is 0. The molecule has 86 valence electrons. The van der Waals surface area contributed by atoms with E-state index < -0.39 is 0 Å². The highest BCUT2D eigenvalue weighted by Crippen LogP contribution is 2.43. The van der Waals surface area contributed by atoms with Crippen molar-refractivity contribution in [3.05, 3.63) is 24.0 Å². The molecule has 1 aromatic carbocycles. The van der Waals surface area contributed by atoms with E-state index in [0.29, 0.717) is 11.7 Å². The van der Waals surface area contributed by atoms with Crippen LogP contribution in [-0.4, -0.2) is 12.6 Å². The molecule has 1 heterocycles. The summed E-state index contributed by atoms with van der Waals surface area (Å²) in [6.45, 7) is 3.15. The summed E-state index contributed by atoms with van der Waals surface area (Å²) in [6, 6.07) is 5.70. The smallest absolute Gasteiger partial charge is 0.148 e. The van der Waals surface area contributed by atoms with Gasteiger partial charge in [0.05, 0.1) is 11.4 Å². The minimum atomic E-state index is -0.159. The minimum Gasteiger partial charge on any atom is -0.380 e. The van der Waals surface area contributed by atoms with Crippen LogP contribution in [-0.2, 0) is 0 Å². The van der Waals surface area contributed by atoms with Gasteiger partial charge in [0.25, 0.3) is 0 Å². The lowest BCUT2D eigenvalue weighted by atomic mass is 9.85. The molecule has 1 aliphatic heterocycles. The maximum absolute atomic E-state index is 13.7. The van der Waals surface area contributed by atoms with E-state index in [9.17, 15) is 4.39 Å². The van der Waals surface area contributed by atoms with Gasteiger partial charge >= 0.3 is 0 Å². The van der Waals surface area contributed by atoms with Gasteiger partial charge in [0.2, 0.25) is 0 Å². The number of benzene rings is 1. The third-order valence-electron chi connectivity index (χ3n) is 4.09. The van der Waals surface area contributed by atoms with Crippen LogP contribution in [0.25, 0.3) is 0 Å². The van der Waals surface area contributed by atoms with E-state index in [2.05, 4.69) is 17.6 Å². The number of nitrogens with one attached hydrogen (secondary N) is 2.